The number of nitrogens with zero attached hydrogens (tertiary/aromatic N) is 1. The predicted octanol–water partition coefficient (Wildman–Crippen LogP) is 6.69. The Kier molecular flexibility index (Phi) is 18.4. The van der Waals surface area contributed by atoms with Crippen molar-refractivity contribution in [3.63, 3.8) is 0 Å². The van der Waals surface area contributed by atoms with E-state index < -0.39 is 0 Å². The van der Waals surface area contributed by atoms with Crippen LogP contribution in [0.4, 0.5) is 0 Å². The Morgan fingerprint density at radius 3 is 1.75 bits per heavy atom. The quantitative estimate of drug-likeness (QED) is 0.141. The third-order valence-corrected chi connectivity index (χ3v) is 5.95. The molecule has 0 saturated heterocycles. The van der Waals surface area contributed by atoms with Gasteiger partial charge in [-0.3, -0.25) is 9.59 Å². The lowest BCUT2D eigenvalue weighted by Gasteiger charge is -2.08. The normalized spacial score (nSPS) is 9.39. The average molecular weight is 571 g/mol. The lowest BCUT2D eigenvalue weighted by molar-refractivity contribution is -0.142. The SMILES string of the molecule is CC.CCOC(=O)Cc1c[nH]c2sccc12.CN(C)C(=O)Cc1c[nH]c2sccc12.NCl.[CH3][Al]([CH3])[CH3]. The highest BCUT2D eigenvalue weighted by atomic mass is 35.5. The summed E-state index contributed by atoms with van der Waals surface area (Å²) in [6.07, 6.45) is 4.62. The zero-order valence-corrected chi connectivity index (χ0v) is 26.2. The molecule has 0 aliphatic heterocycles. The minimum atomic E-state index is -0.167. The molecule has 0 spiro atoms. The molecular formula is C25H40AlClN4O3S2. The number of amides is 1. The lowest BCUT2D eigenvalue weighted by Crippen LogP contribution is -2.23. The Morgan fingerprint density at radius 2 is 1.36 bits per heavy atom. The summed E-state index contributed by atoms with van der Waals surface area (Å²) in [6, 6.07) is 4.07. The summed E-state index contributed by atoms with van der Waals surface area (Å²) in [7, 11) is 3.56. The van der Waals surface area contributed by atoms with Gasteiger partial charge in [0, 0.05) is 37.3 Å². The van der Waals surface area contributed by atoms with Gasteiger partial charge in [-0.25, -0.2) is 5.25 Å². The van der Waals surface area contributed by atoms with Crippen LogP contribution >= 0.6 is 34.5 Å². The van der Waals surface area contributed by atoms with Crippen LogP contribution in [0.1, 0.15) is 31.9 Å². The number of nitrogens with one attached hydrogen (secondary N) is 2. The van der Waals surface area contributed by atoms with E-state index in [9.17, 15) is 9.59 Å². The molecule has 4 aromatic heterocycles. The molecule has 0 aliphatic carbocycles. The largest absolute Gasteiger partial charge is 0.466 e. The van der Waals surface area contributed by atoms with E-state index in [-0.39, 0.29) is 26.0 Å². The van der Waals surface area contributed by atoms with E-state index in [0.29, 0.717) is 19.4 Å². The molecule has 0 fully saturated rings. The van der Waals surface area contributed by atoms with Crippen molar-refractivity contribution in [3.8, 4) is 0 Å². The molecule has 200 valence electrons. The molecule has 0 unspecified atom stereocenters. The highest BCUT2D eigenvalue weighted by Crippen LogP contribution is 2.24. The van der Waals surface area contributed by atoms with Gasteiger partial charge in [0.1, 0.15) is 0 Å². The smallest absolute Gasteiger partial charge is 0.310 e. The minimum absolute atomic E-state index is 0.136. The summed E-state index contributed by atoms with van der Waals surface area (Å²) in [5.74, 6) is 6.89. The summed E-state index contributed by atoms with van der Waals surface area (Å²) >= 11 is 7.30. The first-order chi connectivity index (χ1) is 17.2. The maximum absolute atomic E-state index is 11.5. The minimum Gasteiger partial charge on any atom is -0.466 e. The molecule has 0 aliphatic rings. The fraction of sp³-hybridized carbons (Fsp3) is 0.440. The van der Waals surface area contributed by atoms with Crippen LogP contribution in [0.3, 0.4) is 0 Å². The van der Waals surface area contributed by atoms with Gasteiger partial charge in [0.25, 0.3) is 14.1 Å². The molecule has 11 heteroatoms. The Hall–Kier alpha value is -1.80. The second kappa shape index (κ2) is 19.3. The zero-order chi connectivity index (χ0) is 27.7. The van der Waals surface area contributed by atoms with Crippen LogP contribution in [0.5, 0.6) is 0 Å². The van der Waals surface area contributed by atoms with Gasteiger partial charge in [0.05, 0.1) is 29.1 Å². The Labute approximate surface area is 232 Å². The van der Waals surface area contributed by atoms with Crippen LogP contribution in [0, 0.1) is 0 Å². The van der Waals surface area contributed by atoms with Crippen LogP contribution in [0.25, 0.3) is 20.4 Å². The molecule has 1 amide bonds. The number of hydrogen-bond acceptors (Lipinski definition) is 6. The van der Waals surface area contributed by atoms with E-state index in [1.807, 2.05) is 50.0 Å². The topological polar surface area (TPSA) is 104 Å². The van der Waals surface area contributed by atoms with Crippen LogP contribution in [0.2, 0.25) is 17.4 Å². The van der Waals surface area contributed by atoms with E-state index in [2.05, 4.69) is 50.4 Å². The number of carbonyl (C=O) groups is 2. The van der Waals surface area contributed by atoms with Crippen molar-refractivity contribution in [2.24, 2.45) is 5.25 Å². The van der Waals surface area contributed by atoms with E-state index in [0.717, 1.165) is 26.2 Å². The number of hydrogen-bond donors (Lipinski definition) is 3. The number of nitrogens with two attached hydrogens (primary N) is 1. The number of H-pyrrole nitrogens is 2. The van der Waals surface area contributed by atoms with Crippen molar-refractivity contribution in [2.75, 3.05) is 20.7 Å². The van der Waals surface area contributed by atoms with Gasteiger partial charge in [-0.2, -0.15) is 0 Å². The molecule has 4 rings (SSSR count). The van der Waals surface area contributed by atoms with Crippen LogP contribution < -0.4 is 5.25 Å². The highest BCUT2D eigenvalue weighted by molar-refractivity contribution is 7.17. The fourth-order valence-electron chi connectivity index (χ4n) is 2.79. The number of ether oxygens (including phenoxy) is 1. The molecule has 0 saturated carbocycles. The number of halogens is 1. The molecule has 0 bridgehead atoms. The number of rotatable bonds is 5. The van der Waals surface area contributed by atoms with Crippen LogP contribution in [-0.2, 0) is 27.2 Å². The van der Waals surface area contributed by atoms with E-state index >= 15 is 0 Å². The standard InChI is InChI=1S/C10H12N2OS.C10H11NO2S.C2H6.3CH3.Al.ClH2N/c1-12(2)9(13)5-7-6-11-10-8(7)3-4-14-10;1-2-13-9(12)5-7-6-11-10-8(7)3-4-14-10;1-2;;;;;1-2/h3-4,6,11H,5H2,1-2H3;3-4,6,11H,2,5H2,1H3;1-2H3;3*1H3;;2H2. The Morgan fingerprint density at radius 1 is 0.944 bits per heavy atom. The summed E-state index contributed by atoms with van der Waals surface area (Å²) in [5.41, 5.74) is 2.10. The number of aromatic nitrogens is 2. The van der Waals surface area contributed by atoms with Crippen molar-refractivity contribution >= 4 is 80.9 Å². The second-order valence-corrected chi connectivity index (χ2v) is 13.4. The van der Waals surface area contributed by atoms with E-state index in [1.54, 1.807) is 41.7 Å². The Balaban J connectivity index is 0.000000531. The molecule has 4 N–H and O–H groups in total. The van der Waals surface area contributed by atoms with Crippen LogP contribution in [0.15, 0.2) is 35.3 Å². The number of likely N-dealkylation sites (N-methyl/N-ethyl adjacent to an activating group) is 1. The monoisotopic (exact) mass is 570 g/mol. The predicted molar refractivity (Wildman–Crippen MR) is 160 cm³/mol. The molecule has 4 heterocycles. The maximum atomic E-state index is 11.5. The Bertz CT molecular complexity index is 1130. The van der Waals surface area contributed by atoms with Gasteiger partial charge >= 0.3 is 5.97 Å². The number of carbonyl (C=O) groups excluding carboxylic acids is 2. The van der Waals surface area contributed by atoms with Crippen LogP contribution in [-0.4, -0.2) is 61.6 Å². The lowest BCUT2D eigenvalue weighted by atomic mass is 10.2. The molecule has 0 atom stereocenters. The van der Waals surface area contributed by atoms with Gasteiger partial charge in [-0.15, -0.1) is 40.0 Å². The summed E-state index contributed by atoms with van der Waals surface area (Å²) in [6.45, 7) is 6.26. The average Bonchev–Trinajstić information content (AvgIpc) is 3.62. The molecular weight excluding hydrogens is 531 g/mol. The van der Waals surface area contributed by atoms with E-state index in [1.165, 1.54) is 5.39 Å². The summed E-state index contributed by atoms with van der Waals surface area (Å²) in [4.78, 5) is 32.9. The van der Waals surface area contributed by atoms with Gasteiger partial charge in [0.2, 0.25) is 5.91 Å². The van der Waals surface area contributed by atoms with Crippen molar-refractivity contribution in [1.29, 1.82) is 0 Å². The fourth-order valence-corrected chi connectivity index (χ4v) is 4.38. The third kappa shape index (κ3) is 12.0. The van der Waals surface area contributed by atoms with Crippen molar-refractivity contribution < 1.29 is 14.3 Å². The summed E-state index contributed by atoms with van der Waals surface area (Å²) < 4.78 is 4.89. The number of esters is 1. The van der Waals surface area contributed by atoms with Gasteiger partial charge < -0.3 is 19.6 Å². The van der Waals surface area contributed by atoms with Gasteiger partial charge in [-0.05, 0) is 52.7 Å². The first-order valence-electron chi connectivity index (χ1n) is 11.9. The first kappa shape index (κ1) is 34.2. The van der Waals surface area contributed by atoms with E-state index in [4.69, 9.17) is 4.74 Å². The molecule has 0 radical (unpaired) electrons. The number of thiophene rings is 2. The van der Waals surface area contributed by atoms with Gasteiger partial charge in [-0.1, -0.05) is 13.8 Å². The second-order valence-electron chi connectivity index (χ2n) is 8.13. The third-order valence-electron chi connectivity index (χ3n) is 4.26. The van der Waals surface area contributed by atoms with Crippen molar-refractivity contribution in [3.05, 3.63) is 46.4 Å². The van der Waals surface area contributed by atoms with Crippen molar-refractivity contribution in [1.82, 2.24) is 14.9 Å². The van der Waals surface area contributed by atoms with Crippen molar-refractivity contribution in [2.45, 2.75) is 51.0 Å². The summed E-state index contributed by atoms with van der Waals surface area (Å²) in [5, 5.41) is 10.3. The zero-order valence-electron chi connectivity index (χ0n) is 22.6. The number of aromatic amines is 2. The molecule has 4 aromatic rings. The highest BCUT2D eigenvalue weighted by Gasteiger charge is 2.11. The molecule has 36 heavy (non-hydrogen) atoms. The molecule has 7 nitrogen and oxygen atoms in total. The van der Waals surface area contributed by atoms with Gasteiger partial charge in [0.15, 0.2) is 0 Å². The molecule has 0 aromatic carbocycles. The number of fused-ring (bicyclic) bond motifs is 2. The maximum Gasteiger partial charge on any atom is 0.310 e. The first-order valence-corrected chi connectivity index (χ1v) is 17.5.